The van der Waals surface area contributed by atoms with Gasteiger partial charge in [-0.1, -0.05) is 29.8 Å². The summed E-state index contributed by atoms with van der Waals surface area (Å²) in [4.78, 5) is 0. The lowest BCUT2D eigenvalue weighted by molar-refractivity contribution is 0.448. The summed E-state index contributed by atoms with van der Waals surface area (Å²) < 4.78 is 19.3. The summed E-state index contributed by atoms with van der Waals surface area (Å²) in [6.45, 7) is 5.88. The monoisotopic (exact) mass is 353 g/mol. The molecule has 0 fully saturated rings. The van der Waals surface area contributed by atoms with Crippen molar-refractivity contribution >= 4 is 15.9 Å². The molecule has 4 nitrogen and oxygen atoms in total. The molecule has 1 aromatic heterocycles. The van der Waals surface area contributed by atoms with Crippen LogP contribution in [-0.4, -0.2) is 16.7 Å². The number of rotatable bonds is 6. The van der Waals surface area contributed by atoms with Crippen LogP contribution >= 0.6 is 15.9 Å². The Balaban J connectivity index is 1.95. The molecule has 0 saturated heterocycles. The fourth-order valence-electron chi connectivity index (χ4n) is 1.69. The lowest BCUT2D eigenvalue weighted by Gasteiger charge is -2.07. The van der Waals surface area contributed by atoms with Gasteiger partial charge in [-0.25, -0.2) is 4.39 Å². The van der Waals surface area contributed by atoms with Crippen molar-refractivity contribution in [1.29, 1.82) is 0 Å². The molecule has 112 valence electrons. The third kappa shape index (κ3) is 5.40. The summed E-state index contributed by atoms with van der Waals surface area (Å²) >= 11 is 3.21. The highest BCUT2D eigenvalue weighted by Crippen LogP contribution is 2.24. The van der Waals surface area contributed by atoms with Crippen LogP contribution in [0.3, 0.4) is 0 Å². The van der Waals surface area contributed by atoms with Gasteiger partial charge < -0.3 is 10.1 Å². The molecule has 0 radical (unpaired) electrons. The fourth-order valence-corrected chi connectivity index (χ4v) is 2.14. The van der Waals surface area contributed by atoms with E-state index in [0.717, 1.165) is 12.2 Å². The lowest BCUT2D eigenvalue weighted by atomic mass is 10.2. The highest BCUT2D eigenvalue weighted by Gasteiger charge is 2.04. The molecule has 0 aliphatic heterocycles. The SMILES string of the molecule is CC(C)CNCc1ccc(Oc2cc(F)cc(Br)c2)nn1. The average molecular weight is 354 g/mol. The maximum Gasteiger partial charge on any atom is 0.238 e. The van der Waals surface area contributed by atoms with Gasteiger partial charge in [-0.3, -0.25) is 0 Å². The van der Waals surface area contributed by atoms with Gasteiger partial charge in [-0.05, 0) is 30.7 Å². The predicted octanol–water partition coefficient (Wildman–Crippen LogP) is 3.92. The van der Waals surface area contributed by atoms with Gasteiger partial charge in [0, 0.05) is 23.2 Å². The third-order valence-corrected chi connectivity index (χ3v) is 3.07. The Bertz CT molecular complexity index is 570. The number of aromatic nitrogens is 2. The lowest BCUT2D eigenvalue weighted by Crippen LogP contribution is -2.19. The van der Waals surface area contributed by atoms with E-state index in [9.17, 15) is 4.39 Å². The molecule has 0 aliphatic rings. The number of hydrogen-bond donors (Lipinski definition) is 1. The zero-order valence-electron chi connectivity index (χ0n) is 11.9. The first-order valence-corrected chi connectivity index (χ1v) is 7.49. The highest BCUT2D eigenvalue weighted by atomic mass is 79.9. The number of hydrogen-bond acceptors (Lipinski definition) is 4. The summed E-state index contributed by atoms with van der Waals surface area (Å²) in [5.74, 6) is 0.927. The van der Waals surface area contributed by atoms with E-state index < -0.39 is 0 Å². The van der Waals surface area contributed by atoms with Gasteiger partial charge >= 0.3 is 0 Å². The topological polar surface area (TPSA) is 47.0 Å². The maximum absolute atomic E-state index is 13.2. The highest BCUT2D eigenvalue weighted by molar-refractivity contribution is 9.10. The molecule has 6 heteroatoms. The molecular formula is C15H17BrFN3O. The molecule has 0 atom stereocenters. The number of nitrogens with zero attached hydrogens (tertiary/aromatic N) is 2. The molecule has 2 aromatic rings. The molecule has 0 saturated carbocycles. The Morgan fingerprint density at radius 2 is 2.05 bits per heavy atom. The van der Waals surface area contributed by atoms with Gasteiger partial charge in [-0.2, -0.15) is 5.10 Å². The largest absolute Gasteiger partial charge is 0.437 e. The van der Waals surface area contributed by atoms with Crippen LogP contribution in [0.1, 0.15) is 19.5 Å². The molecule has 0 bridgehead atoms. The number of nitrogens with one attached hydrogen (secondary N) is 1. The number of benzene rings is 1. The maximum atomic E-state index is 13.2. The molecule has 0 spiro atoms. The summed E-state index contributed by atoms with van der Waals surface area (Å²) in [6.07, 6.45) is 0. The summed E-state index contributed by atoms with van der Waals surface area (Å²) in [7, 11) is 0. The normalized spacial score (nSPS) is 10.9. The van der Waals surface area contributed by atoms with E-state index in [1.807, 2.05) is 6.07 Å². The number of ether oxygens (including phenoxy) is 1. The Morgan fingerprint density at radius 3 is 2.67 bits per heavy atom. The van der Waals surface area contributed by atoms with Crippen molar-refractivity contribution in [3.8, 4) is 11.6 Å². The molecule has 1 heterocycles. The molecule has 1 aromatic carbocycles. The first-order valence-electron chi connectivity index (χ1n) is 6.70. The zero-order valence-corrected chi connectivity index (χ0v) is 13.5. The first-order chi connectivity index (χ1) is 10.0. The van der Waals surface area contributed by atoms with Crippen molar-refractivity contribution in [3.63, 3.8) is 0 Å². The van der Waals surface area contributed by atoms with Gasteiger partial charge in [0.25, 0.3) is 0 Å². The number of halogens is 2. The molecule has 0 unspecified atom stereocenters. The van der Waals surface area contributed by atoms with Gasteiger partial charge in [0.15, 0.2) is 0 Å². The molecular weight excluding hydrogens is 337 g/mol. The Hall–Kier alpha value is -1.53. The van der Waals surface area contributed by atoms with E-state index in [1.54, 1.807) is 12.1 Å². The van der Waals surface area contributed by atoms with Crippen molar-refractivity contribution < 1.29 is 9.13 Å². The second kappa shape index (κ2) is 7.47. The zero-order chi connectivity index (χ0) is 15.2. The van der Waals surface area contributed by atoms with Crippen LogP contribution in [0.25, 0.3) is 0 Å². The summed E-state index contributed by atoms with van der Waals surface area (Å²) in [6, 6.07) is 7.89. The Morgan fingerprint density at radius 1 is 1.24 bits per heavy atom. The van der Waals surface area contributed by atoms with Crippen molar-refractivity contribution in [2.24, 2.45) is 5.92 Å². The fraction of sp³-hybridized carbons (Fsp3) is 0.333. The second-order valence-corrected chi connectivity index (χ2v) is 6.01. The predicted molar refractivity (Wildman–Crippen MR) is 82.8 cm³/mol. The van der Waals surface area contributed by atoms with E-state index in [4.69, 9.17) is 4.74 Å². The van der Waals surface area contributed by atoms with Crippen LogP contribution in [0, 0.1) is 11.7 Å². The standard InChI is InChI=1S/C15H17BrFN3O/c1-10(2)8-18-9-13-3-4-15(20-19-13)21-14-6-11(16)5-12(17)7-14/h3-7,10,18H,8-9H2,1-2H3. The smallest absolute Gasteiger partial charge is 0.238 e. The Kier molecular flexibility index (Phi) is 5.64. The summed E-state index contributed by atoms with van der Waals surface area (Å²) in [5.41, 5.74) is 0.837. The second-order valence-electron chi connectivity index (χ2n) is 5.09. The summed E-state index contributed by atoms with van der Waals surface area (Å²) in [5, 5.41) is 11.3. The quantitative estimate of drug-likeness (QED) is 0.854. The molecule has 2 rings (SSSR count). The minimum atomic E-state index is -0.373. The molecule has 21 heavy (non-hydrogen) atoms. The first kappa shape index (κ1) is 15.9. The molecule has 0 aliphatic carbocycles. The molecule has 1 N–H and O–H groups in total. The van der Waals surface area contributed by atoms with Crippen LogP contribution in [0.5, 0.6) is 11.6 Å². The average Bonchev–Trinajstić information content (AvgIpc) is 2.39. The Labute approximate surface area is 131 Å². The molecule has 0 amide bonds. The van der Waals surface area contributed by atoms with Gasteiger partial charge in [0.05, 0.1) is 5.69 Å². The third-order valence-electron chi connectivity index (χ3n) is 2.61. The van der Waals surface area contributed by atoms with Crippen LogP contribution in [0.2, 0.25) is 0 Å². The van der Waals surface area contributed by atoms with Crippen molar-refractivity contribution in [2.75, 3.05) is 6.54 Å². The van der Waals surface area contributed by atoms with Gasteiger partial charge in [-0.15, -0.1) is 5.10 Å². The van der Waals surface area contributed by atoms with Crippen LogP contribution in [-0.2, 0) is 6.54 Å². The van der Waals surface area contributed by atoms with E-state index >= 15 is 0 Å². The van der Waals surface area contributed by atoms with E-state index in [-0.39, 0.29) is 5.82 Å². The van der Waals surface area contributed by atoms with Crippen LogP contribution < -0.4 is 10.1 Å². The van der Waals surface area contributed by atoms with E-state index in [0.29, 0.717) is 28.6 Å². The van der Waals surface area contributed by atoms with E-state index in [1.165, 1.54) is 12.1 Å². The van der Waals surface area contributed by atoms with Crippen molar-refractivity contribution in [2.45, 2.75) is 20.4 Å². The van der Waals surface area contributed by atoms with Gasteiger partial charge in [0.1, 0.15) is 11.6 Å². The van der Waals surface area contributed by atoms with Crippen LogP contribution in [0.4, 0.5) is 4.39 Å². The van der Waals surface area contributed by atoms with Crippen molar-refractivity contribution in [3.05, 3.63) is 46.3 Å². The van der Waals surface area contributed by atoms with Crippen LogP contribution in [0.15, 0.2) is 34.8 Å². The minimum Gasteiger partial charge on any atom is -0.437 e. The van der Waals surface area contributed by atoms with E-state index in [2.05, 4.69) is 45.3 Å². The minimum absolute atomic E-state index is 0.333. The van der Waals surface area contributed by atoms with Crippen molar-refractivity contribution in [1.82, 2.24) is 15.5 Å². The van der Waals surface area contributed by atoms with Gasteiger partial charge in [0.2, 0.25) is 5.88 Å².